The maximum absolute atomic E-state index is 12.2. The number of rotatable bonds is 3. The molecule has 0 radical (unpaired) electrons. The third kappa shape index (κ3) is 3.66. The summed E-state index contributed by atoms with van der Waals surface area (Å²) in [6.45, 7) is 0. The Balaban J connectivity index is 0.00000289. The second-order valence-electron chi connectivity index (χ2n) is 3.44. The van der Waals surface area contributed by atoms with Gasteiger partial charge in [-0.05, 0) is 12.1 Å². The number of methoxy groups -OCH3 is 1. The highest BCUT2D eigenvalue weighted by Crippen LogP contribution is 2.34. The average Bonchev–Trinajstić information content (AvgIpc) is 2.25. The van der Waals surface area contributed by atoms with Gasteiger partial charge in [-0.1, -0.05) is 0 Å². The number of aliphatic hydroxyl groups is 1. The zero-order valence-corrected chi connectivity index (χ0v) is 10.1. The van der Waals surface area contributed by atoms with Gasteiger partial charge in [0.05, 0.1) is 13.2 Å². The number of aromatic hydroxyl groups is 1. The van der Waals surface area contributed by atoms with Crippen LogP contribution in [-0.2, 0) is 0 Å². The first-order chi connectivity index (χ1) is 7.77. The SMILES string of the molecule is COc1ccc([C@H](N)[C@H](O)C(F)(F)F)c(O)c1.Cl. The molecule has 1 rings (SSSR count). The van der Waals surface area contributed by atoms with Crippen LogP contribution in [0.3, 0.4) is 0 Å². The summed E-state index contributed by atoms with van der Waals surface area (Å²) >= 11 is 0. The number of ether oxygens (including phenoxy) is 1. The van der Waals surface area contributed by atoms with Gasteiger partial charge in [0.25, 0.3) is 0 Å². The number of alkyl halides is 3. The molecule has 0 aromatic heterocycles. The molecule has 8 heteroatoms. The molecule has 0 heterocycles. The maximum Gasteiger partial charge on any atom is 0.416 e. The van der Waals surface area contributed by atoms with E-state index in [-0.39, 0.29) is 23.7 Å². The van der Waals surface area contributed by atoms with E-state index in [0.29, 0.717) is 0 Å². The Labute approximate surface area is 108 Å². The molecule has 0 saturated heterocycles. The zero-order chi connectivity index (χ0) is 13.2. The molecule has 104 valence electrons. The van der Waals surface area contributed by atoms with E-state index in [0.717, 1.165) is 6.07 Å². The third-order valence-corrected chi connectivity index (χ3v) is 2.27. The van der Waals surface area contributed by atoms with Crippen molar-refractivity contribution < 1.29 is 28.1 Å². The second kappa shape index (κ2) is 6.12. The minimum absolute atomic E-state index is 0. The minimum atomic E-state index is -4.84. The zero-order valence-electron chi connectivity index (χ0n) is 9.31. The lowest BCUT2D eigenvalue weighted by atomic mass is 10.0. The van der Waals surface area contributed by atoms with E-state index in [1.807, 2.05) is 0 Å². The molecule has 0 amide bonds. The van der Waals surface area contributed by atoms with Crippen molar-refractivity contribution in [2.75, 3.05) is 7.11 Å². The van der Waals surface area contributed by atoms with E-state index in [4.69, 9.17) is 15.6 Å². The molecule has 0 aliphatic heterocycles. The minimum Gasteiger partial charge on any atom is -0.507 e. The van der Waals surface area contributed by atoms with Crippen LogP contribution in [0.4, 0.5) is 13.2 Å². The van der Waals surface area contributed by atoms with Crippen LogP contribution < -0.4 is 10.5 Å². The van der Waals surface area contributed by atoms with Gasteiger partial charge in [-0.3, -0.25) is 0 Å². The smallest absolute Gasteiger partial charge is 0.416 e. The van der Waals surface area contributed by atoms with Crippen molar-refractivity contribution in [1.29, 1.82) is 0 Å². The van der Waals surface area contributed by atoms with Crippen molar-refractivity contribution in [2.45, 2.75) is 18.3 Å². The second-order valence-corrected chi connectivity index (χ2v) is 3.44. The van der Waals surface area contributed by atoms with Gasteiger partial charge in [-0.2, -0.15) is 13.2 Å². The number of benzene rings is 1. The molecule has 4 nitrogen and oxygen atoms in total. The van der Waals surface area contributed by atoms with E-state index in [9.17, 15) is 18.3 Å². The predicted octanol–water partition coefficient (Wildman–Crippen LogP) is 1.75. The molecule has 1 aromatic rings. The van der Waals surface area contributed by atoms with Crippen LogP contribution in [-0.4, -0.2) is 29.6 Å². The van der Waals surface area contributed by atoms with Gasteiger partial charge in [-0.15, -0.1) is 12.4 Å². The molecular weight excluding hydrogens is 275 g/mol. The molecule has 0 aliphatic carbocycles. The lowest BCUT2D eigenvalue weighted by molar-refractivity contribution is -0.210. The standard InChI is InChI=1S/C10H12F3NO3.ClH/c1-17-5-2-3-6(7(15)4-5)8(14)9(16)10(11,12)13;/h2-4,8-9,15-16H,14H2,1H3;1H/t8-,9-;/m0./s1. The summed E-state index contributed by atoms with van der Waals surface area (Å²) in [5.74, 6) is -0.180. The van der Waals surface area contributed by atoms with E-state index >= 15 is 0 Å². The predicted molar refractivity (Wildman–Crippen MR) is 60.9 cm³/mol. The summed E-state index contributed by atoms with van der Waals surface area (Å²) in [5, 5.41) is 18.4. The van der Waals surface area contributed by atoms with Crippen molar-refractivity contribution >= 4 is 12.4 Å². The van der Waals surface area contributed by atoms with E-state index in [2.05, 4.69) is 0 Å². The van der Waals surface area contributed by atoms with Crippen LogP contribution in [0.25, 0.3) is 0 Å². The molecule has 0 unspecified atom stereocenters. The van der Waals surface area contributed by atoms with Gasteiger partial charge in [0.1, 0.15) is 11.5 Å². The number of phenolic OH excluding ortho intramolecular Hbond substituents is 1. The number of halogens is 4. The van der Waals surface area contributed by atoms with Crippen LogP contribution in [0.2, 0.25) is 0 Å². The fourth-order valence-electron chi connectivity index (χ4n) is 1.31. The van der Waals surface area contributed by atoms with Gasteiger partial charge in [0, 0.05) is 11.6 Å². The van der Waals surface area contributed by atoms with Gasteiger partial charge in [0.15, 0.2) is 6.10 Å². The van der Waals surface area contributed by atoms with Crippen molar-refractivity contribution in [3.05, 3.63) is 23.8 Å². The number of hydrogen-bond donors (Lipinski definition) is 3. The van der Waals surface area contributed by atoms with Crippen LogP contribution >= 0.6 is 12.4 Å². The highest BCUT2D eigenvalue weighted by Gasteiger charge is 2.43. The summed E-state index contributed by atoms with van der Waals surface area (Å²) in [4.78, 5) is 0. The molecule has 0 saturated carbocycles. The summed E-state index contributed by atoms with van der Waals surface area (Å²) in [6, 6.07) is 1.89. The van der Waals surface area contributed by atoms with Gasteiger partial charge < -0.3 is 20.7 Å². The Hall–Kier alpha value is -1.18. The lowest BCUT2D eigenvalue weighted by Gasteiger charge is -2.22. The van der Waals surface area contributed by atoms with Crippen LogP contribution in [0, 0.1) is 0 Å². The summed E-state index contributed by atoms with van der Waals surface area (Å²) in [6.07, 6.45) is -7.58. The molecule has 2 atom stereocenters. The number of phenols is 1. The molecule has 18 heavy (non-hydrogen) atoms. The molecule has 0 spiro atoms. The molecule has 0 bridgehead atoms. The van der Waals surface area contributed by atoms with E-state index < -0.39 is 24.1 Å². The Bertz CT molecular complexity index is 400. The first-order valence-electron chi connectivity index (χ1n) is 4.64. The van der Waals surface area contributed by atoms with E-state index in [1.165, 1.54) is 19.2 Å². The fraction of sp³-hybridized carbons (Fsp3) is 0.400. The van der Waals surface area contributed by atoms with Crippen molar-refractivity contribution in [3.8, 4) is 11.5 Å². The van der Waals surface area contributed by atoms with Crippen molar-refractivity contribution in [2.24, 2.45) is 5.73 Å². The number of aliphatic hydroxyl groups excluding tert-OH is 1. The van der Waals surface area contributed by atoms with Crippen molar-refractivity contribution in [3.63, 3.8) is 0 Å². The summed E-state index contributed by atoms with van der Waals surface area (Å²) < 4.78 is 41.5. The fourth-order valence-corrected chi connectivity index (χ4v) is 1.31. The molecule has 0 fully saturated rings. The maximum atomic E-state index is 12.2. The summed E-state index contributed by atoms with van der Waals surface area (Å²) in [7, 11) is 1.35. The normalized spacial score (nSPS) is 14.6. The van der Waals surface area contributed by atoms with Gasteiger partial charge in [0.2, 0.25) is 0 Å². The molecular formula is C10H13ClF3NO3. The highest BCUT2D eigenvalue weighted by atomic mass is 35.5. The quantitative estimate of drug-likeness (QED) is 0.791. The Kier molecular flexibility index (Phi) is 5.72. The Morgan fingerprint density at radius 1 is 1.33 bits per heavy atom. The monoisotopic (exact) mass is 287 g/mol. The number of nitrogens with two attached hydrogens (primary N) is 1. The van der Waals surface area contributed by atoms with Crippen LogP contribution in [0.1, 0.15) is 11.6 Å². The summed E-state index contributed by atoms with van der Waals surface area (Å²) in [5.41, 5.74) is 5.05. The first-order valence-corrected chi connectivity index (χ1v) is 4.64. The highest BCUT2D eigenvalue weighted by molar-refractivity contribution is 5.85. The molecule has 4 N–H and O–H groups in total. The number of hydrogen-bond acceptors (Lipinski definition) is 4. The van der Waals surface area contributed by atoms with Gasteiger partial charge in [-0.25, -0.2) is 0 Å². The van der Waals surface area contributed by atoms with Crippen molar-refractivity contribution in [1.82, 2.24) is 0 Å². The van der Waals surface area contributed by atoms with E-state index in [1.54, 1.807) is 0 Å². The Morgan fingerprint density at radius 2 is 1.89 bits per heavy atom. The van der Waals surface area contributed by atoms with Crippen LogP contribution in [0.15, 0.2) is 18.2 Å². The largest absolute Gasteiger partial charge is 0.507 e. The Morgan fingerprint density at radius 3 is 2.28 bits per heavy atom. The molecule has 1 aromatic carbocycles. The van der Waals surface area contributed by atoms with Crippen LogP contribution in [0.5, 0.6) is 11.5 Å². The molecule has 0 aliphatic rings. The average molecular weight is 288 g/mol. The lowest BCUT2D eigenvalue weighted by Crippen LogP contribution is -2.38. The topological polar surface area (TPSA) is 75.7 Å². The van der Waals surface area contributed by atoms with Gasteiger partial charge >= 0.3 is 6.18 Å². The first kappa shape index (κ1) is 16.8. The third-order valence-electron chi connectivity index (χ3n) is 2.27.